The second-order valence-corrected chi connectivity index (χ2v) is 8.85. The Hall–Kier alpha value is -2.97. The molecule has 8 heteroatoms. The Labute approximate surface area is 168 Å². The van der Waals surface area contributed by atoms with Crippen LogP contribution in [0.5, 0.6) is 5.75 Å². The number of esters is 1. The Kier molecular flexibility index (Phi) is 5.86. The van der Waals surface area contributed by atoms with E-state index >= 15 is 0 Å². The van der Waals surface area contributed by atoms with Gasteiger partial charge in [-0.15, -0.1) is 0 Å². The van der Waals surface area contributed by atoms with Gasteiger partial charge in [0.25, 0.3) is 0 Å². The van der Waals surface area contributed by atoms with Crippen LogP contribution >= 0.6 is 0 Å². The van der Waals surface area contributed by atoms with Crippen LogP contribution in [0.25, 0.3) is 11.0 Å². The molecule has 3 aromatic rings. The first kappa shape index (κ1) is 20.8. The van der Waals surface area contributed by atoms with Gasteiger partial charge in [-0.05, 0) is 48.4 Å². The third-order valence-electron chi connectivity index (χ3n) is 4.40. The van der Waals surface area contributed by atoms with Crippen LogP contribution in [-0.2, 0) is 16.4 Å². The minimum atomic E-state index is -3.58. The van der Waals surface area contributed by atoms with Crippen molar-refractivity contribution >= 4 is 27.0 Å². The van der Waals surface area contributed by atoms with Crippen molar-refractivity contribution in [1.29, 1.82) is 0 Å². The number of nitrogens with zero attached hydrogens (tertiary/aromatic N) is 1. The van der Waals surface area contributed by atoms with Crippen LogP contribution < -0.4 is 10.4 Å². The standard InChI is InChI=1S/C21H21NO6S/c1-4-5-15-12-20(23)28-19-13-16(8-11-18(15)19)27-21(24)14-6-9-17(10-7-14)29(25,26)22(2)3/h6-13H,4-5H2,1-3H3. The fourth-order valence-corrected chi connectivity index (χ4v) is 3.79. The van der Waals surface area contributed by atoms with Gasteiger partial charge in [-0.3, -0.25) is 0 Å². The van der Waals surface area contributed by atoms with Gasteiger partial charge in [0.05, 0.1) is 10.5 Å². The lowest BCUT2D eigenvalue weighted by molar-refractivity contribution is 0.0735. The molecule has 0 saturated heterocycles. The van der Waals surface area contributed by atoms with E-state index in [1.165, 1.54) is 50.5 Å². The molecule has 0 amide bonds. The maximum absolute atomic E-state index is 12.4. The first-order valence-corrected chi connectivity index (χ1v) is 10.5. The molecular weight excluding hydrogens is 394 g/mol. The Balaban J connectivity index is 1.85. The van der Waals surface area contributed by atoms with Crippen LogP contribution in [0.15, 0.2) is 62.6 Å². The average molecular weight is 415 g/mol. The highest BCUT2D eigenvalue weighted by atomic mass is 32.2. The van der Waals surface area contributed by atoms with Crippen LogP contribution in [0.4, 0.5) is 0 Å². The summed E-state index contributed by atoms with van der Waals surface area (Å²) in [4.78, 5) is 24.3. The topological polar surface area (TPSA) is 93.9 Å². The summed E-state index contributed by atoms with van der Waals surface area (Å²) in [6.07, 6.45) is 1.62. The van der Waals surface area contributed by atoms with Crippen molar-refractivity contribution in [3.8, 4) is 5.75 Å². The first-order valence-electron chi connectivity index (χ1n) is 9.04. The second kappa shape index (κ2) is 8.18. The van der Waals surface area contributed by atoms with Gasteiger partial charge in [0, 0.05) is 31.6 Å². The summed E-state index contributed by atoms with van der Waals surface area (Å²) in [5, 5.41) is 0.796. The van der Waals surface area contributed by atoms with Crippen molar-refractivity contribution in [2.24, 2.45) is 0 Å². The van der Waals surface area contributed by atoms with Gasteiger partial charge in [0.2, 0.25) is 10.0 Å². The Bertz CT molecular complexity index is 1210. The van der Waals surface area contributed by atoms with Crippen molar-refractivity contribution in [2.75, 3.05) is 14.1 Å². The number of hydrogen-bond donors (Lipinski definition) is 0. The van der Waals surface area contributed by atoms with E-state index in [0.717, 1.165) is 28.1 Å². The number of aryl methyl sites for hydroxylation is 1. The van der Waals surface area contributed by atoms with Gasteiger partial charge >= 0.3 is 11.6 Å². The van der Waals surface area contributed by atoms with Crippen LogP contribution in [0.1, 0.15) is 29.3 Å². The predicted octanol–water partition coefficient (Wildman–Crippen LogP) is 3.22. The average Bonchev–Trinajstić information content (AvgIpc) is 2.67. The Morgan fingerprint density at radius 2 is 1.76 bits per heavy atom. The number of hydrogen-bond acceptors (Lipinski definition) is 6. The quantitative estimate of drug-likeness (QED) is 0.349. The molecule has 7 nitrogen and oxygen atoms in total. The molecule has 0 unspecified atom stereocenters. The lowest BCUT2D eigenvalue weighted by Gasteiger charge is -2.11. The highest BCUT2D eigenvalue weighted by Gasteiger charge is 2.18. The summed E-state index contributed by atoms with van der Waals surface area (Å²) >= 11 is 0. The fourth-order valence-electron chi connectivity index (χ4n) is 2.89. The molecule has 0 aliphatic carbocycles. The molecule has 0 aliphatic rings. The number of benzene rings is 2. The molecule has 0 radical (unpaired) electrons. The summed E-state index contributed by atoms with van der Waals surface area (Å²) in [6.45, 7) is 2.02. The minimum Gasteiger partial charge on any atom is -0.423 e. The van der Waals surface area contributed by atoms with Gasteiger partial charge in [-0.25, -0.2) is 22.3 Å². The number of ether oxygens (including phenoxy) is 1. The number of fused-ring (bicyclic) bond motifs is 1. The van der Waals surface area contributed by atoms with Crippen molar-refractivity contribution in [1.82, 2.24) is 4.31 Å². The van der Waals surface area contributed by atoms with Gasteiger partial charge in [0.15, 0.2) is 0 Å². The van der Waals surface area contributed by atoms with Crippen LogP contribution in [0.3, 0.4) is 0 Å². The molecule has 0 bridgehead atoms. The molecule has 0 aliphatic heterocycles. The summed E-state index contributed by atoms with van der Waals surface area (Å²) in [6, 6.07) is 11.8. The number of carbonyl (C=O) groups excluding carboxylic acids is 1. The SMILES string of the molecule is CCCc1cc(=O)oc2cc(OC(=O)c3ccc(S(=O)(=O)N(C)C)cc3)ccc12. The summed E-state index contributed by atoms with van der Waals surface area (Å²) < 4.78 is 35.9. The Morgan fingerprint density at radius 3 is 2.38 bits per heavy atom. The highest BCUT2D eigenvalue weighted by Crippen LogP contribution is 2.24. The molecule has 1 aromatic heterocycles. The number of carbonyl (C=O) groups is 1. The van der Waals surface area contributed by atoms with E-state index in [-0.39, 0.29) is 16.2 Å². The van der Waals surface area contributed by atoms with E-state index in [0.29, 0.717) is 5.58 Å². The molecule has 3 rings (SSSR count). The smallest absolute Gasteiger partial charge is 0.343 e. The lowest BCUT2D eigenvalue weighted by Crippen LogP contribution is -2.22. The van der Waals surface area contributed by atoms with E-state index < -0.39 is 21.6 Å². The van der Waals surface area contributed by atoms with E-state index in [1.807, 2.05) is 6.92 Å². The number of sulfonamides is 1. The van der Waals surface area contributed by atoms with E-state index in [4.69, 9.17) is 9.15 Å². The van der Waals surface area contributed by atoms with Gasteiger partial charge in [-0.1, -0.05) is 13.3 Å². The summed E-state index contributed by atoms with van der Waals surface area (Å²) in [5.41, 5.74) is 0.971. The van der Waals surface area contributed by atoms with E-state index in [2.05, 4.69) is 0 Å². The minimum absolute atomic E-state index is 0.0787. The first-order chi connectivity index (χ1) is 13.7. The zero-order valence-corrected chi connectivity index (χ0v) is 17.2. The number of rotatable bonds is 6. The van der Waals surface area contributed by atoms with Crippen LogP contribution in [0, 0.1) is 0 Å². The zero-order valence-electron chi connectivity index (χ0n) is 16.3. The van der Waals surface area contributed by atoms with Crippen molar-refractivity contribution in [2.45, 2.75) is 24.7 Å². The Morgan fingerprint density at radius 1 is 1.07 bits per heavy atom. The molecular formula is C21H21NO6S. The van der Waals surface area contributed by atoms with E-state index in [9.17, 15) is 18.0 Å². The fraction of sp³-hybridized carbons (Fsp3) is 0.238. The molecule has 0 spiro atoms. The maximum atomic E-state index is 12.4. The van der Waals surface area contributed by atoms with Gasteiger partial charge < -0.3 is 9.15 Å². The van der Waals surface area contributed by atoms with Gasteiger partial charge in [0.1, 0.15) is 11.3 Å². The molecule has 29 heavy (non-hydrogen) atoms. The third-order valence-corrected chi connectivity index (χ3v) is 6.23. The molecule has 2 aromatic carbocycles. The molecule has 0 saturated carbocycles. The zero-order chi connectivity index (χ0) is 21.2. The molecule has 0 N–H and O–H groups in total. The van der Waals surface area contributed by atoms with Crippen molar-refractivity contribution < 1.29 is 22.4 Å². The monoisotopic (exact) mass is 415 g/mol. The molecule has 1 heterocycles. The molecule has 0 fully saturated rings. The molecule has 152 valence electrons. The normalized spacial score (nSPS) is 11.7. The second-order valence-electron chi connectivity index (χ2n) is 6.70. The van der Waals surface area contributed by atoms with Crippen molar-refractivity contribution in [3.63, 3.8) is 0 Å². The van der Waals surface area contributed by atoms with E-state index in [1.54, 1.807) is 12.1 Å². The van der Waals surface area contributed by atoms with Crippen molar-refractivity contribution in [3.05, 3.63) is 70.1 Å². The maximum Gasteiger partial charge on any atom is 0.343 e. The highest BCUT2D eigenvalue weighted by molar-refractivity contribution is 7.89. The van der Waals surface area contributed by atoms with Crippen LogP contribution in [0.2, 0.25) is 0 Å². The largest absolute Gasteiger partial charge is 0.423 e. The van der Waals surface area contributed by atoms with Gasteiger partial charge in [-0.2, -0.15) is 0 Å². The molecule has 0 atom stereocenters. The third kappa shape index (κ3) is 4.38. The lowest BCUT2D eigenvalue weighted by atomic mass is 10.1. The summed E-state index contributed by atoms with van der Waals surface area (Å²) in [7, 11) is -0.712. The van der Waals surface area contributed by atoms with Crippen LogP contribution in [-0.4, -0.2) is 32.8 Å². The summed E-state index contributed by atoms with van der Waals surface area (Å²) in [5.74, 6) is -0.422. The predicted molar refractivity (Wildman–Crippen MR) is 109 cm³/mol.